The van der Waals surface area contributed by atoms with Crippen LogP contribution >= 0.6 is 11.8 Å². The summed E-state index contributed by atoms with van der Waals surface area (Å²) in [6, 6.07) is 15.7. The lowest BCUT2D eigenvalue weighted by atomic mass is 10.1. The van der Waals surface area contributed by atoms with E-state index in [1.54, 1.807) is 6.20 Å². The number of thioether (sulfide) groups is 1. The number of hydrogen-bond acceptors (Lipinski definition) is 4. The van der Waals surface area contributed by atoms with Crippen molar-refractivity contribution in [3.8, 4) is 5.69 Å². The SMILES string of the molecule is CCc1ccccc1NC(=O)CNC(=O)CSc1nccn1-c1cccc(C)c1. The van der Waals surface area contributed by atoms with Crippen LogP contribution in [-0.4, -0.2) is 33.7 Å². The lowest BCUT2D eigenvalue weighted by Gasteiger charge is -2.11. The number of nitrogens with one attached hydrogen (secondary N) is 2. The van der Waals surface area contributed by atoms with Gasteiger partial charge in [0.2, 0.25) is 11.8 Å². The molecular formula is C22H24N4O2S. The maximum Gasteiger partial charge on any atom is 0.243 e. The second-order valence-electron chi connectivity index (χ2n) is 6.54. The standard InChI is InChI=1S/C22H24N4O2S/c1-3-17-8-4-5-10-19(17)25-20(27)14-24-21(28)15-29-22-23-11-12-26(22)18-9-6-7-16(2)13-18/h4-13H,3,14-15H2,1-2H3,(H,24,28)(H,25,27). The van der Waals surface area contributed by atoms with E-state index in [4.69, 9.17) is 0 Å². The molecule has 2 N–H and O–H groups in total. The fourth-order valence-corrected chi connectivity index (χ4v) is 3.68. The van der Waals surface area contributed by atoms with Crippen LogP contribution in [-0.2, 0) is 16.0 Å². The van der Waals surface area contributed by atoms with E-state index in [-0.39, 0.29) is 24.1 Å². The largest absolute Gasteiger partial charge is 0.346 e. The predicted molar refractivity (Wildman–Crippen MR) is 116 cm³/mol. The van der Waals surface area contributed by atoms with Crippen LogP contribution in [0.4, 0.5) is 5.69 Å². The van der Waals surface area contributed by atoms with Crippen LogP contribution in [0.5, 0.6) is 0 Å². The second kappa shape index (κ2) is 9.93. The van der Waals surface area contributed by atoms with Gasteiger partial charge in [-0.15, -0.1) is 0 Å². The van der Waals surface area contributed by atoms with Crippen LogP contribution < -0.4 is 10.6 Å². The Bertz CT molecular complexity index is 1000. The minimum atomic E-state index is -0.245. The van der Waals surface area contributed by atoms with Crippen LogP contribution in [0.2, 0.25) is 0 Å². The van der Waals surface area contributed by atoms with Gasteiger partial charge < -0.3 is 10.6 Å². The number of anilines is 1. The number of amides is 2. The number of aromatic nitrogens is 2. The first-order valence-corrected chi connectivity index (χ1v) is 10.4. The van der Waals surface area contributed by atoms with E-state index in [0.717, 1.165) is 34.1 Å². The van der Waals surface area contributed by atoms with Gasteiger partial charge in [0.1, 0.15) is 0 Å². The van der Waals surface area contributed by atoms with Gasteiger partial charge in [-0.2, -0.15) is 0 Å². The zero-order valence-electron chi connectivity index (χ0n) is 16.5. The molecule has 7 heteroatoms. The van der Waals surface area contributed by atoms with E-state index in [2.05, 4.69) is 21.7 Å². The molecule has 150 valence electrons. The molecular weight excluding hydrogens is 384 g/mol. The topological polar surface area (TPSA) is 76.0 Å². The maximum absolute atomic E-state index is 12.2. The van der Waals surface area contributed by atoms with Crippen LogP contribution in [0.3, 0.4) is 0 Å². The lowest BCUT2D eigenvalue weighted by molar-refractivity contribution is -0.122. The highest BCUT2D eigenvalue weighted by atomic mass is 32.2. The number of hydrogen-bond donors (Lipinski definition) is 2. The van der Waals surface area contributed by atoms with Gasteiger partial charge in [0.05, 0.1) is 12.3 Å². The molecule has 0 aliphatic carbocycles. The van der Waals surface area contributed by atoms with Crippen molar-refractivity contribution in [1.29, 1.82) is 0 Å². The molecule has 2 amide bonds. The molecule has 29 heavy (non-hydrogen) atoms. The van der Waals surface area contributed by atoms with Crippen LogP contribution in [0.1, 0.15) is 18.1 Å². The van der Waals surface area contributed by atoms with E-state index < -0.39 is 0 Å². The predicted octanol–water partition coefficient (Wildman–Crippen LogP) is 3.59. The van der Waals surface area contributed by atoms with Crippen LogP contribution in [0.25, 0.3) is 5.69 Å². The third-order valence-corrected chi connectivity index (χ3v) is 5.30. The van der Waals surface area contributed by atoms with Gasteiger partial charge in [-0.05, 0) is 42.7 Å². The summed E-state index contributed by atoms with van der Waals surface area (Å²) >= 11 is 1.33. The molecule has 2 aromatic carbocycles. The molecule has 0 saturated carbocycles. The summed E-state index contributed by atoms with van der Waals surface area (Å²) in [5.74, 6) is -0.278. The number of carbonyl (C=O) groups is 2. The highest BCUT2D eigenvalue weighted by molar-refractivity contribution is 7.99. The van der Waals surface area contributed by atoms with Crippen molar-refractivity contribution in [3.05, 3.63) is 72.1 Å². The number of imidazole rings is 1. The lowest BCUT2D eigenvalue weighted by Crippen LogP contribution is -2.34. The highest BCUT2D eigenvalue weighted by Crippen LogP contribution is 2.21. The van der Waals surface area contributed by atoms with Crippen molar-refractivity contribution in [2.75, 3.05) is 17.6 Å². The van der Waals surface area contributed by atoms with Gasteiger partial charge in [0.25, 0.3) is 0 Å². The molecule has 3 rings (SSSR count). The summed E-state index contributed by atoms with van der Waals surface area (Å²) in [6.07, 6.45) is 4.40. The first-order valence-electron chi connectivity index (χ1n) is 9.44. The Hall–Kier alpha value is -3.06. The number of carbonyl (C=O) groups excluding carboxylic acids is 2. The molecule has 0 radical (unpaired) electrons. The number of benzene rings is 2. The maximum atomic E-state index is 12.2. The number of nitrogens with zero attached hydrogens (tertiary/aromatic N) is 2. The summed E-state index contributed by atoms with van der Waals surface area (Å²) < 4.78 is 1.94. The van der Waals surface area contributed by atoms with E-state index >= 15 is 0 Å². The van der Waals surface area contributed by atoms with E-state index in [1.807, 2.05) is 67.1 Å². The summed E-state index contributed by atoms with van der Waals surface area (Å²) in [4.78, 5) is 28.6. The van der Waals surface area contributed by atoms with Crippen molar-refractivity contribution < 1.29 is 9.59 Å². The Balaban J connectivity index is 1.50. The van der Waals surface area contributed by atoms with Gasteiger partial charge in [-0.25, -0.2) is 4.98 Å². The summed E-state index contributed by atoms with van der Waals surface area (Å²) in [5, 5.41) is 6.24. The third kappa shape index (κ3) is 5.71. The third-order valence-electron chi connectivity index (χ3n) is 4.34. The van der Waals surface area contributed by atoms with Gasteiger partial charge >= 0.3 is 0 Å². The minimum Gasteiger partial charge on any atom is -0.346 e. The fourth-order valence-electron chi connectivity index (χ4n) is 2.88. The quantitative estimate of drug-likeness (QED) is 0.559. The van der Waals surface area contributed by atoms with Gasteiger partial charge in [-0.3, -0.25) is 14.2 Å². The highest BCUT2D eigenvalue weighted by Gasteiger charge is 2.11. The molecule has 0 fully saturated rings. The van der Waals surface area contributed by atoms with Gasteiger partial charge in [-0.1, -0.05) is 49.0 Å². The Morgan fingerprint density at radius 1 is 1.10 bits per heavy atom. The molecule has 1 heterocycles. The molecule has 0 spiro atoms. The molecule has 0 bridgehead atoms. The fraction of sp³-hybridized carbons (Fsp3) is 0.227. The van der Waals surface area contributed by atoms with Gasteiger partial charge in [0, 0.05) is 23.8 Å². The van der Waals surface area contributed by atoms with E-state index in [1.165, 1.54) is 11.8 Å². The number of para-hydroxylation sites is 1. The minimum absolute atomic E-state index is 0.0657. The Labute approximate surface area is 174 Å². The Morgan fingerprint density at radius 2 is 1.93 bits per heavy atom. The zero-order valence-corrected chi connectivity index (χ0v) is 17.3. The molecule has 0 unspecified atom stereocenters. The monoisotopic (exact) mass is 408 g/mol. The summed E-state index contributed by atoms with van der Waals surface area (Å²) in [5.41, 5.74) is 3.99. The van der Waals surface area contributed by atoms with Gasteiger partial charge in [0.15, 0.2) is 5.16 Å². The van der Waals surface area contributed by atoms with Crippen molar-refractivity contribution in [2.24, 2.45) is 0 Å². The molecule has 0 aliphatic rings. The second-order valence-corrected chi connectivity index (χ2v) is 7.49. The average molecular weight is 409 g/mol. The molecule has 0 aliphatic heterocycles. The number of aryl methyl sites for hydroxylation is 2. The molecule has 3 aromatic rings. The summed E-state index contributed by atoms with van der Waals surface area (Å²) in [6.45, 7) is 4.00. The molecule has 1 aromatic heterocycles. The zero-order chi connectivity index (χ0) is 20.6. The van der Waals surface area contributed by atoms with Crippen molar-refractivity contribution in [2.45, 2.75) is 25.4 Å². The normalized spacial score (nSPS) is 10.6. The van der Waals surface area contributed by atoms with Crippen molar-refractivity contribution in [3.63, 3.8) is 0 Å². The summed E-state index contributed by atoms with van der Waals surface area (Å²) in [7, 11) is 0. The molecule has 0 atom stereocenters. The van der Waals surface area contributed by atoms with Crippen molar-refractivity contribution in [1.82, 2.24) is 14.9 Å². The Morgan fingerprint density at radius 3 is 2.72 bits per heavy atom. The first-order chi connectivity index (χ1) is 14.1. The first kappa shape index (κ1) is 20.7. The van der Waals surface area contributed by atoms with E-state index in [9.17, 15) is 9.59 Å². The smallest absolute Gasteiger partial charge is 0.243 e. The molecule has 0 saturated heterocycles. The molecule has 6 nitrogen and oxygen atoms in total. The van der Waals surface area contributed by atoms with Crippen LogP contribution in [0, 0.1) is 6.92 Å². The van der Waals surface area contributed by atoms with Crippen LogP contribution in [0.15, 0.2) is 66.1 Å². The van der Waals surface area contributed by atoms with Crippen molar-refractivity contribution >= 4 is 29.3 Å². The van der Waals surface area contributed by atoms with E-state index in [0.29, 0.717) is 0 Å². The Kier molecular flexibility index (Phi) is 7.08. The number of rotatable bonds is 8. The average Bonchev–Trinajstić information content (AvgIpc) is 3.20.